The average molecular weight is 414 g/mol. The summed E-state index contributed by atoms with van der Waals surface area (Å²) in [6, 6.07) is 7.97. The van der Waals surface area contributed by atoms with Gasteiger partial charge in [-0.15, -0.1) is 0 Å². The van der Waals surface area contributed by atoms with Gasteiger partial charge in [-0.2, -0.15) is 5.10 Å². The van der Waals surface area contributed by atoms with Gasteiger partial charge in [-0.05, 0) is 58.0 Å². The molecular weight excluding hydrogens is 390 g/mol. The second-order valence-corrected chi connectivity index (χ2v) is 9.05. The molecule has 0 saturated carbocycles. The van der Waals surface area contributed by atoms with Gasteiger partial charge in [0.1, 0.15) is 0 Å². The van der Waals surface area contributed by atoms with Gasteiger partial charge in [-0.25, -0.2) is 23.1 Å². The minimum Gasteiger partial charge on any atom is -0.326 e. The van der Waals surface area contributed by atoms with E-state index in [0.29, 0.717) is 11.6 Å². The molecule has 0 atom stereocenters. The number of aryl methyl sites for hydroxylation is 3. The standard InChI is InChI=1S/C20H23N5O3S/c1-12-10-13(2)22-20(21-12)25-15(4)18(14(3)24-25)11-19(26)23-16-6-8-17(9-7-16)29(5,27)28/h6-10H,11H2,1-5H3,(H,23,26). The summed E-state index contributed by atoms with van der Waals surface area (Å²) in [6.07, 6.45) is 1.28. The SMILES string of the molecule is Cc1cc(C)nc(-n2nc(C)c(CC(=O)Nc3ccc(S(C)(=O)=O)cc3)c2C)n1. The first-order valence-corrected chi connectivity index (χ1v) is 10.9. The summed E-state index contributed by atoms with van der Waals surface area (Å²) in [4.78, 5) is 21.6. The van der Waals surface area contributed by atoms with E-state index in [1.807, 2.05) is 33.8 Å². The molecule has 0 fully saturated rings. The van der Waals surface area contributed by atoms with Crippen molar-refractivity contribution in [2.24, 2.45) is 0 Å². The van der Waals surface area contributed by atoms with Crippen LogP contribution in [0.5, 0.6) is 0 Å². The second kappa shape index (κ2) is 7.75. The highest BCUT2D eigenvalue weighted by molar-refractivity contribution is 7.90. The Kier molecular flexibility index (Phi) is 5.52. The van der Waals surface area contributed by atoms with Crippen molar-refractivity contribution in [1.82, 2.24) is 19.7 Å². The molecule has 0 aliphatic carbocycles. The Morgan fingerprint density at radius 3 is 2.17 bits per heavy atom. The van der Waals surface area contributed by atoms with Crippen LogP contribution in [0, 0.1) is 27.7 Å². The predicted molar refractivity (Wildman–Crippen MR) is 110 cm³/mol. The lowest BCUT2D eigenvalue weighted by molar-refractivity contribution is -0.115. The Morgan fingerprint density at radius 2 is 1.62 bits per heavy atom. The Bertz CT molecular complexity index is 1160. The van der Waals surface area contributed by atoms with Crippen LogP contribution in [-0.2, 0) is 21.1 Å². The number of amides is 1. The number of nitrogens with one attached hydrogen (secondary N) is 1. The van der Waals surface area contributed by atoms with Crippen LogP contribution >= 0.6 is 0 Å². The number of rotatable bonds is 5. The van der Waals surface area contributed by atoms with Gasteiger partial charge in [0.25, 0.3) is 5.95 Å². The highest BCUT2D eigenvalue weighted by Crippen LogP contribution is 2.19. The van der Waals surface area contributed by atoms with Gasteiger partial charge < -0.3 is 5.32 Å². The van der Waals surface area contributed by atoms with E-state index in [-0.39, 0.29) is 17.2 Å². The summed E-state index contributed by atoms with van der Waals surface area (Å²) in [7, 11) is -3.27. The highest BCUT2D eigenvalue weighted by atomic mass is 32.2. The maximum Gasteiger partial charge on any atom is 0.251 e. The number of aromatic nitrogens is 4. The predicted octanol–water partition coefficient (Wildman–Crippen LogP) is 2.48. The molecule has 1 N–H and O–H groups in total. The number of hydrogen-bond acceptors (Lipinski definition) is 6. The summed E-state index contributed by atoms with van der Waals surface area (Å²) in [5.41, 5.74) is 4.55. The lowest BCUT2D eigenvalue weighted by Crippen LogP contribution is -2.15. The zero-order valence-electron chi connectivity index (χ0n) is 17.0. The molecule has 2 aromatic heterocycles. The van der Waals surface area contributed by atoms with Crippen molar-refractivity contribution < 1.29 is 13.2 Å². The molecule has 1 aromatic carbocycles. The zero-order valence-corrected chi connectivity index (χ0v) is 17.8. The molecule has 152 valence electrons. The number of benzene rings is 1. The number of hydrogen-bond donors (Lipinski definition) is 1. The van der Waals surface area contributed by atoms with E-state index in [1.165, 1.54) is 12.1 Å². The molecule has 8 nitrogen and oxygen atoms in total. The van der Waals surface area contributed by atoms with E-state index in [2.05, 4.69) is 20.4 Å². The van der Waals surface area contributed by atoms with Crippen molar-refractivity contribution in [1.29, 1.82) is 0 Å². The van der Waals surface area contributed by atoms with E-state index in [4.69, 9.17) is 0 Å². The van der Waals surface area contributed by atoms with Crippen LogP contribution in [0.15, 0.2) is 35.2 Å². The second-order valence-electron chi connectivity index (χ2n) is 7.03. The first-order valence-electron chi connectivity index (χ1n) is 9.02. The lowest BCUT2D eigenvalue weighted by Gasteiger charge is -2.07. The minimum absolute atomic E-state index is 0.135. The average Bonchev–Trinajstić information content (AvgIpc) is 2.89. The summed E-state index contributed by atoms with van der Waals surface area (Å²) < 4.78 is 24.7. The Hall–Kier alpha value is -3.07. The van der Waals surface area contributed by atoms with E-state index in [9.17, 15) is 13.2 Å². The van der Waals surface area contributed by atoms with Gasteiger partial charge in [0.2, 0.25) is 5.91 Å². The van der Waals surface area contributed by atoms with Gasteiger partial charge in [-0.3, -0.25) is 4.79 Å². The number of nitrogens with zero attached hydrogens (tertiary/aromatic N) is 4. The largest absolute Gasteiger partial charge is 0.326 e. The van der Waals surface area contributed by atoms with Crippen molar-refractivity contribution in [3.8, 4) is 5.95 Å². The molecule has 3 aromatic rings. The third kappa shape index (κ3) is 4.68. The first kappa shape index (κ1) is 20.7. The van der Waals surface area contributed by atoms with E-state index >= 15 is 0 Å². The van der Waals surface area contributed by atoms with Gasteiger partial charge >= 0.3 is 0 Å². The molecule has 0 saturated heterocycles. The Labute approximate surface area is 169 Å². The molecule has 3 rings (SSSR count). The topological polar surface area (TPSA) is 107 Å². The maximum atomic E-state index is 12.5. The van der Waals surface area contributed by atoms with E-state index in [0.717, 1.165) is 34.6 Å². The van der Waals surface area contributed by atoms with Crippen LogP contribution in [0.1, 0.15) is 28.3 Å². The van der Waals surface area contributed by atoms with Gasteiger partial charge in [0.05, 0.1) is 17.0 Å². The molecule has 0 aliphatic heterocycles. The fourth-order valence-electron chi connectivity index (χ4n) is 3.08. The van der Waals surface area contributed by atoms with Crippen LogP contribution in [0.3, 0.4) is 0 Å². The van der Waals surface area contributed by atoms with Crippen molar-refractivity contribution in [2.45, 2.75) is 39.0 Å². The normalized spacial score (nSPS) is 11.5. The molecule has 2 heterocycles. The summed E-state index contributed by atoms with van der Waals surface area (Å²) in [5.74, 6) is 0.260. The van der Waals surface area contributed by atoms with Gasteiger partial charge in [-0.1, -0.05) is 0 Å². The minimum atomic E-state index is -3.27. The van der Waals surface area contributed by atoms with E-state index in [1.54, 1.807) is 16.8 Å². The number of sulfone groups is 1. The van der Waals surface area contributed by atoms with Gasteiger partial charge in [0, 0.05) is 34.6 Å². The monoisotopic (exact) mass is 413 g/mol. The molecule has 29 heavy (non-hydrogen) atoms. The molecule has 9 heteroatoms. The lowest BCUT2D eigenvalue weighted by atomic mass is 10.1. The molecule has 1 amide bonds. The highest BCUT2D eigenvalue weighted by Gasteiger charge is 2.18. The van der Waals surface area contributed by atoms with Crippen molar-refractivity contribution in [3.63, 3.8) is 0 Å². The molecule has 0 aliphatic rings. The van der Waals surface area contributed by atoms with Crippen LogP contribution in [0.2, 0.25) is 0 Å². The van der Waals surface area contributed by atoms with E-state index < -0.39 is 9.84 Å². The number of anilines is 1. The maximum absolute atomic E-state index is 12.5. The van der Waals surface area contributed by atoms with Crippen LogP contribution in [-0.4, -0.2) is 40.3 Å². The third-order valence-corrected chi connectivity index (χ3v) is 5.63. The molecule has 0 unspecified atom stereocenters. The zero-order chi connectivity index (χ0) is 21.3. The fraction of sp³-hybridized carbons (Fsp3) is 0.300. The van der Waals surface area contributed by atoms with Crippen LogP contribution in [0.4, 0.5) is 5.69 Å². The molecule has 0 radical (unpaired) electrons. The smallest absolute Gasteiger partial charge is 0.251 e. The fourth-order valence-corrected chi connectivity index (χ4v) is 3.71. The number of carbonyl (C=O) groups excluding carboxylic acids is 1. The Balaban J connectivity index is 1.80. The summed E-state index contributed by atoms with van der Waals surface area (Å²) in [6.45, 7) is 7.51. The molecule has 0 bridgehead atoms. The Morgan fingerprint density at radius 1 is 1.03 bits per heavy atom. The van der Waals surface area contributed by atoms with Crippen molar-refractivity contribution in [3.05, 3.63) is 58.7 Å². The van der Waals surface area contributed by atoms with Gasteiger partial charge in [0.15, 0.2) is 9.84 Å². The van der Waals surface area contributed by atoms with Crippen LogP contribution < -0.4 is 5.32 Å². The molecular formula is C20H23N5O3S. The summed E-state index contributed by atoms with van der Waals surface area (Å²) >= 11 is 0. The van der Waals surface area contributed by atoms with Crippen LogP contribution in [0.25, 0.3) is 5.95 Å². The van der Waals surface area contributed by atoms with Crippen molar-refractivity contribution in [2.75, 3.05) is 11.6 Å². The van der Waals surface area contributed by atoms with Crippen molar-refractivity contribution >= 4 is 21.4 Å². The first-order chi connectivity index (χ1) is 13.5. The third-order valence-electron chi connectivity index (χ3n) is 4.50. The molecule has 0 spiro atoms. The quantitative estimate of drug-likeness (QED) is 0.689. The number of carbonyl (C=O) groups is 1. The summed E-state index contributed by atoms with van der Waals surface area (Å²) in [5, 5.41) is 7.30.